The molecule has 13 heteroatoms. The minimum atomic E-state index is -4.70. The quantitative estimate of drug-likeness (QED) is 0.481. The summed E-state index contributed by atoms with van der Waals surface area (Å²) in [6.07, 6.45) is -1.84. The lowest BCUT2D eigenvalue weighted by Gasteiger charge is -2.26. The highest BCUT2D eigenvalue weighted by Crippen LogP contribution is 2.50. The van der Waals surface area contributed by atoms with Crippen LogP contribution in [0.15, 0.2) is 59.8 Å². The molecule has 2 aromatic carbocycles. The van der Waals surface area contributed by atoms with Crippen LogP contribution in [0.3, 0.4) is 0 Å². The predicted molar refractivity (Wildman–Crippen MR) is 120 cm³/mol. The van der Waals surface area contributed by atoms with Gasteiger partial charge in [-0.15, -0.1) is 0 Å². The number of nitrogens with zero attached hydrogens (tertiary/aromatic N) is 3. The molecule has 0 spiro atoms. The van der Waals surface area contributed by atoms with Gasteiger partial charge in [0.05, 0.1) is 4.90 Å². The third-order valence-corrected chi connectivity index (χ3v) is 8.42. The maximum absolute atomic E-state index is 14.5. The number of hydrogen-bond acceptors (Lipinski definition) is 5. The van der Waals surface area contributed by atoms with Gasteiger partial charge in [-0.1, -0.05) is 6.07 Å². The number of piperidine rings is 1. The van der Waals surface area contributed by atoms with Gasteiger partial charge in [-0.3, -0.25) is 4.79 Å². The molecular formula is C24H19F5N4O3S. The molecule has 37 heavy (non-hydrogen) atoms. The number of alkyl halides is 3. The lowest BCUT2D eigenvalue weighted by molar-refractivity contribution is -0.145. The first-order chi connectivity index (χ1) is 17.4. The van der Waals surface area contributed by atoms with Gasteiger partial charge in [-0.2, -0.15) is 17.5 Å². The van der Waals surface area contributed by atoms with Crippen LogP contribution in [0, 0.1) is 17.6 Å². The van der Waals surface area contributed by atoms with Crippen molar-refractivity contribution in [3.63, 3.8) is 0 Å². The van der Waals surface area contributed by atoms with Crippen molar-refractivity contribution in [3.8, 4) is 11.1 Å². The van der Waals surface area contributed by atoms with Crippen LogP contribution in [0.2, 0.25) is 0 Å². The molecule has 1 saturated carbocycles. The first-order valence-electron chi connectivity index (χ1n) is 11.2. The molecule has 3 aromatic rings. The zero-order valence-corrected chi connectivity index (χ0v) is 19.7. The Morgan fingerprint density at radius 2 is 1.68 bits per heavy atom. The van der Waals surface area contributed by atoms with E-state index < -0.39 is 45.6 Å². The smallest absolute Gasteiger partial charge is 0.351 e. The molecule has 7 nitrogen and oxygen atoms in total. The summed E-state index contributed by atoms with van der Waals surface area (Å²) in [5.74, 6) is -3.14. The van der Waals surface area contributed by atoms with E-state index in [1.54, 1.807) is 0 Å². The van der Waals surface area contributed by atoms with Crippen molar-refractivity contribution in [2.75, 3.05) is 0 Å². The van der Waals surface area contributed by atoms with Gasteiger partial charge in [-0.05, 0) is 60.7 Å². The first kappa shape index (κ1) is 25.2. The van der Waals surface area contributed by atoms with Crippen molar-refractivity contribution in [2.45, 2.75) is 42.5 Å². The summed E-state index contributed by atoms with van der Waals surface area (Å²) in [6, 6.07) is 6.79. The van der Waals surface area contributed by atoms with Crippen LogP contribution in [-0.4, -0.2) is 40.7 Å². The summed E-state index contributed by atoms with van der Waals surface area (Å²) >= 11 is 0. The van der Waals surface area contributed by atoms with E-state index in [2.05, 4.69) is 15.3 Å². The summed E-state index contributed by atoms with van der Waals surface area (Å²) < 4.78 is 93.4. The summed E-state index contributed by atoms with van der Waals surface area (Å²) in [4.78, 5) is 19.5. The molecule has 3 atom stereocenters. The average Bonchev–Trinajstić information content (AvgIpc) is 3.51. The van der Waals surface area contributed by atoms with Crippen molar-refractivity contribution in [2.24, 2.45) is 5.92 Å². The van der Waals surface area contributed by atoms with Crippen molar-refractivity contribution < 1.29 is 35.2 Å². The van der Waals surface area contributed by atoms with E-state index in [9.17, 15) is 35.2 Å². The molecular weight excluding hydrogens is 519 g/mol. The topological polar surface area (TPSA) is 92.3 Å². The third-order valence-electron chi connectivity index (χ3n) is 6.47. The number of aromatic nitrogens is 2. The van der Waals surface area contributed by atoms with E-state index in [4.69, 9.17) is 0 Å². The zero-order valence-electron chi connectivity index (χ0n) is 18.9. The lowest BCUT2D eigenvalue weighted by Crippen LogP contribution is -2.47. The molecule has 194 valence electrons. The lowest BCUT2D eigenvalue weighted by atomic mass is 10.0. The SMILES string of the molecule is O=C(NCc1cc(-c2cnc(C(F)(F)F)nc2)ccc1F)[C@@H]1C[C@@H]2C[C@@H]2N1S(=O)(=O)c1ccc(F)cc1. The molecule has 0 unspecified atom stereocenters. The van der Waals surface area contributed by atoms with Gasteiger partial charge in [0.2, 0.25) is 21.8 Å². The fraction of sp³-hybridized carbons (Fsp3) is 0.292. The Labute approximate surface area is 208 Å². The normalized spacial score (nSPS) is 21.5. The molecule has 1 aliphatic heterocycles. The molecule has 1 aromatic heterocycles. The van der Waals surface area contributed by atoms with E-state index in [1.165, 1.54) is 12.1 Å². The van der Waals surface area contributed by atoms with E-state index >= 15 is 0 Å². The summed E-state index contributed by atoms with van der Waals surface area (Å²) in [5, 5.41) is 2.57. The standard InChI is InChI=1S/C24H19F5N4O3S/c25-17-2-4-18(5-3-17)37(35,36)33-20-8-14(20)9-21(33)22(34)30-10-15-7-13(1-6-19(15)26)16-11-31-23(32-12-16)24(27,28)29/h1-7,11-12,14,20-21H,8-10H2,(H,30,34)/t14-,20-,21-/m0/s1. The number of halogens is 5. The fourth-order valence-corrected chi connectivity index (χ4v) is 6.38. The minimum Gasteiger partial charge on any atom is -0.351 e. The van der Waals surface area contributed by atoms with Crippen molar-refractivity contribution in [1.29, 1.82) is 0 Å². The number of sulfonamides is 1. The number of amides is 1. The monoisotopic (exact) mass is 538 g/mol. The Morgan fingerprint density at radius 1 is 1.00 bits per heavy atom. The van der Waals surface area contributed by atoms with Crippen LogP contribution in [0.4, 0.5) is 22.0 Å². The summed E-state index contributed by atoms with van der Waals surface area (Å²) in [5.41, 5.74) is 0.594. The molecule has 2 heterocycles. The fourth-order valence-electron chi connectivity index (χ4n) is 4.53. The number of nitrogens with one attached hydrogen (secondary N) is 1. The third kappa shape index (κ3) is 4.92. The van der Waals surface area contributed by atoms with E-state index in [-0.39, 0.29) is 34.5 Å². The predicted octanol–water partition coefficient (Wildman–Crippen LogP) is 3.91. The summed E-state index contributed by atoms with van der Waals surface area (Å²) in [7, 11) is -4.07. The average molecular weight is 538 g/mol. The van der Waals surface area contributed by atoms with Crippen LogP contribution >= 0.6 is 0 Å². The van der Waals surface area contributed by atoms with E-state index in [0.29, 0.717) is 18.4 Å². The number of benzene rings is 2. The number of carbonyl (C=O) groups excluding carboxylic acids is 1. The van der Waals surface area contributed by atoms with Crippen molar-refractivity contribution >= 4 is 15.9 Å². The highest BCUT2D eigenvalue weighted by Gasteiger charge is 2.58. The van der Waals surface area contributed by atoms with Gasteiger partial charge >= 0.3 is 6.18 Å². The number of hydrogen-bond donors (Lipinski definition) is 1. The highest BCUT2D eigenvalue weighted by atomic mass is 32.2. The second kappa shape index (κ2) is 9.14. The first-order valence-corrected chi connectivity index (χ1v) is 12.6. The molecule has 0 bridgehead atoms. The van der Waals surface area contributed by atoms with Crippen LogP contribution < -0.4 is 5.32 Å². The molecule has 2 fully saturated rings. The Balaban J connectivity index is 1.31. The molecule has 1 N–H and O–H groups in total. The molecule has 1 aliphatic carbocycles. The van der Waals surface area contributed by atoms with Crippen LogP contribution in [0.5, 0.6) is 0 Å². The Kier molecular flexibility index (Phi) is 6.23. The largest absolute Gasteiger partial charge is 0.451 e. The molecule has 2 aliphatic rings. The van der Waals surface area contributed by atoms with Crippen LogP contribution in [-0.2, 0) is 27.5 Å². The maximum Gasteiger partial charge on any atom is 0.451 e. The van der Waals surface area contributed by atoms with Crippen LogP contribution in [0.1, 0.15) is 24.2 Å². The van der Waals surface area contributed by atoms with Gasteiger partial charge in [0.15, 0.2) is 0 Å². The van der Waals surface area contributed by atoms with Gasteiger partial charge in [0, 0.05) is 36.1 Å². The van der Waals surface area contributed by atoms with E-state index in [0.717, 1.165) is 47.0 Å². The Bertz CT molecular complexity index is 1450. The minimum absolute atomic E-state index is 0.0331. The zero-order chi connectivity index (χ0) is 26.5. The van der Waals surface area contributed by atoms with Gasteiger partial charge in [-0.25, -0.2) is 27.2 Å². The molecule has 1 amide bonds. The molecule has 1 saturated heterocycles. The molecule has 5 rings (SSSR count). The number of fused-ring (bicyclic) bond motifs is 1. The second-order valence-corrected chi connectivity index (χ2v) is 10.8. The van der Waals surface area contributed by atoms with E-state index in [1.807, 2.05) is 0 Å². The van der Waals surface area contributed by atoms with Crippen molar-refractivity contribution in [3.05, 3.63) is 77.9 Å². The maximum atomic E-state index is 14.5. The Morgan fingerprint density at radius 3 is 2.32 bits per heavy atom. The summed E-state index contributed by atoms with van der Waals surface area (Å²) in [6.45, 7) is -0.281. The van der Waals surface area contributed by atoms with Crippen LogP contribution in [0.25, 0.3) is 11.1 Å². The highest BCUT2D eigenvalue weighted by molar-refractivity contribution is 7.89. The second-order valence-electron chi connectivity index (χ2n) is 8.92. The van der Waals surface area contributed by atoms with Gasteiger partial charge in [0.25, 0.3) is 0 Å². The van der Waals surface area contributed by atoms with Gasteiger partial charge in [0.1, 0.15) is 17.7 Å². The Hall–Kier alpha value is -3.45. The number of carbonyl (C=O) groups is 1. The number of rotatable bonds is 6. The van der Waals surface area contributed by atoms with Crippen molar-refractivity contribution in [1.82, 2.24) is 19.6 Å². The van der Waals surface area contributed by atoms with Gasteiger partial charge < -0.3 is 5.32 Å². The molecule has 0 radical (unpaired) electrons.